The number of aryl methyl sites for hydroxylation is 1. The standard InChI is InChI=1S/C14H22N2O4S/c1-10-5-12(6-15)3-4-14(10)21(18,19)16-7-11(2)20-13(8-16)9-17/h3-5,11,13,17H,6-9,15H2,1-2H3. The normalized spacial score (nSPS) is 24.2. The van der Waals surface area contributed by atoms with E-state index in [1.54, 1.807) is 32.0 Å². The van der Waals surface area contributed by atoms with Gasteiger partial charge in [-0.25, -0.2) is 8.42 Å². The first-order valence-corrected chi connectivity index (χ1v) is 8.38. The number of nitrogens with zero attached hydrogens (tertiary/aromatic N) is 1. The monoisotopic (exact) mass is 314 g/mol. The molecule has 0 aliphatic carbocycles. The van der Waals surface area contributed by atoms with Gasteiger partial charge in [0.15, 0.2) is 0 Å². The fraction of sp³-hybridized carbons (Fsp3) is 0.571. The topological polar surface area (TPSA) is 92.9 Å². The van der Waals surface area contributed by atoms with Crippen molar-refractivity contribution in [2.75, 3.05) is 19.7 Å². The average molecular weight is 314 g/mol. The maximum absolute atomic E-state index is 12.8. The Balaban J connectivity index is 2.33. The molecule has 0 saturated carbocycles. The van der Waals surface area contributed by atoms with Crippen LogP contribution in [0.25, 0.3) is 0 Å². The molecule has 1 fully saturated rings. The Labute approximate surface area is 125 Å². The zero-order valence-electron chi connectivity index (χ0n) is 12.3. The predicted octanol–water partition coefficient (Wildman–Crippen LogP) is 0.224. The molecule has 0 aromatic heterocycles. The molecule has 118 valence electrons. The van der Waals surface area contributed by atoms with Gasteiger partial charge in [-0.15, -0.1) is 0 Å². The van der Waals surface area contributed by atoms with Crippen molar-refractivity contribution in [2.45, 2.75) is 37.5 Å². The second kappa shape index (κ2) is 6.41. The molecular formula is C14H22N2O4S. The summed E-state index contributed by atoms with van der Waals surface area (Å²) in [6.07, 6.45) is -0.721. The molecule has 1 saturated heterocycles. The van der Waals surface area contributed by atoms with Crippen LogP contribution in [0.15, 0.2) is 23.1 Å². The lowest BCUT2D eigenvalue weighted by molar-refractivity contribution is -0.0750. The summed E-state index contributed by atoms with van der Waals surface area (Å²) in [5.41, 5.74) is 7.15. The SMILES string of the molecule is Cc1cc(CN)ccc1S(=O)(=O)N1CC(C)OC(CO)C1. The molecule has 1 aromatic rings. The summed E-state index contributed by atoms with van der Waals surface area (Å²) >= 11 is 0. The van der Waals surface area contributed by atoms with E-state index in [4.69, 9.17) is 10.5 Å². The Bertz CT molecular complexity index is 603. The number of rotatable bonds is 4. The van der Waals surface area contributed by atoms with Crippen LogP contribution in [-0.2, 0) is 21.3 Å². The van der Waals surface area contributed by atoms with E-state index in [0.717, 1.165) is 5.56 Å². The summed E-state index contributed by atoms with van der Waals surface area (Å²) in [7, 11) is -3.59. The van der Waals surface area contributed by atoms with E-state index in [-0.39, 0.29) is 30.7 Å². The van der Waals surface area contributed by atoms with Crippen molar-refractivity contribution in [3.05, 3.63) is 29.3 Å². The second-order valence-electron chi connectivity index (χ2n) is 5.38. The average Bonchev–Trinajstić information content (AvgIpc) is 2.46. The fourth-order valence-corrected chi connectivity index (χ4v) is 4.32. The minimum atomic E-state index is -3.59. The molecule has 1 aliphatic rings. The molecule has 2 atom stereocenters. The number of nitrogens with two attached hydrogens (primary N) is 1. The van der Waals surface area contributed by atoms with Gasteiger partial charge in [0, 0.05) is 19.6 Å². The molecule has 7 heteroatoms. The summed E-state index contributed by atoms with van der Waals surface area (Å²) in [6, 6.07) is 5.12. The summed E-state index contributed by atoms with van der Waals surface area (Å²) in [5, 5.41) is 9.23. The van der Waals surface area contributed by atoms with Gasteiger partial charge in [0.1, 0.15) is 0 Å². The molecule has 2 rings (SSSR count). The molecule has 1 aromatic carbocycles. The van der Waals surface area contributed by atoms with E-state index in [9.17, 15) is 13.5 Å². The van der Waals surface area contributed by atoms with E-state index in [2.05, 4.69) is 0 Å². The van der Waals surface area contributed by atoms with Crippen LogP contribution in [-0.4, -0.2) is 49.7 Å². The zero-order valence-corrected chi connectivity index (χ0v) is 13.1. The predicted molar refractivity (Wildman–Crippen MR) is 79.3 cm³/mol. The van der Waals surface area contributed by atoms with Crippen molar-refractivity contribution in [2.24, 2.45) is 5.73 Å². The van der Waals surface area contributed by atoms with Crippen molar-refractivity contribution < 1.29 is 18.3 Å². The zero-order chi connectivity index (χ0) is 15.6. The van der Waals surface area contributed by atoms with E-state index in [0.29, 0.717) is 12.1 Å². The van der Waals surface area contributed by atoms with Crippen molar-refractivity contribution in [1.29, 1.82) is 0 Å². The number of sulfonamides is 1. The molecule has 3 N–H and O–H groups in total. The van der Waals surface area contributed by atoms with Crippen LogP contribution >= 0.6 is 0 Å². The van der Waals surface area contributed by atoms with Crippen molar-refractivity contribution in [3.8, 4) is 0 Å². The number of hydrogen-bond donors (Lipinski definition) is 2. The first kappa shape index (κ1) is 16.4. The van der Waals surface area contributed by atoms with Crippen LogP contribution in [0.2, 0.25) is 0 Å². The van der Waals surface area contributed by atoms with Gasteiger partial charge < -0.3 is 15.6 Å². The Morgan fingerprint density at radius 3 is 2.71 bits per heavy atom. The van der Waals surface area contributed by atoms with Crippen LogP contribution in [0.1, 0.15) is 18.1 Å². The van der Waals surface area contributed by atoms with Crippen LogP contribution in [0.5, 0.6) is 0 Å². The fourth-order valence-electron chi connectivity index (χ4n) is 2.57. The summed E-state index contributed by atoms with van der Waals surface area (Å²) in [5.74, 6) is 0. The van der Waals surface area contributed by atoms with E-state index in [1.165, 1.54) is 4.31 Å². The number of aliphatic hydroxyl groups is 1. The molecule has 1 heterocycles. The molecule has 0 amide bonds. The van der Waals surface area contributed by atoms with Gasteiger partial charge in [-0.1, -0.05) is 12.1 Å². The lowest BCUT2D eigenvalue weighted by Crippen LogP contribution is -2.50. The van der Waals surface area contributed by atoms with Gasteiger partial charge in [-0.2, -0.15) is 4.31 Å². The molecule has 1 aliphatic heterocycles. The summed E-state index contributed by atoms with van der Waals surface area (Å²) < 4.78 is 32.4. The summed E-state index contributed by atoms with van der Waals surface area (Å²) in [4.78, 5) is 0.283. The molecule has 2 unspecified atom stereocenters. The smallest absolute Gasteiger partial charge is 0.243 e. The lowest BCUT2D eigenvalue weighted by atomic mass is 10.1. The third-order valence-electron chi connectivity index (χ3n) is 3.59. The molecular weight excluding hydrogens is 292 g/mol. The maximum Gasteiger partial charge on any atom is 0.243 e. The highest BCUT2D eigenvalue weighted by atomic mass is 32.2. The van der Waals surface area contributed by atoms with E-state index in [1.807, 2.05) is 0 Å². The third kappa shape index (κ3) is 3.44. The van der Waals surface area contributed by atoms with E-state index >= 15 is 0 Å². The van der Waals surface area contributed by atoms with Gasteiger partial charge in [-0.05, 0) is 31.0 Å². The number of hydrogen-bond acceptors (Lipinski definition) is 5. The molecule has 0 bridgehead atoms. The first-order chi connectivity index (χ1) is 9.88. The highest BCUT2D eigenvalue weighted by molar-refractivity contribution is 7.89. The van der Waals surface area contributed by atoms with Gasteiger partial charge in [0.25, 0.3) is 0 Å². The number of ether oxygens (including phenoxy) is 1. The van der Waals surface area contributed by atoms with Gasteiger partial charge in [-0.3, -0.25) is 0 Å². The van der Waals surface area contributed by atoms with Crippen molar-refractivity contribution >= 4 is 10.0 Å². The highest BCUT2D eigenvalue weighted by Gasteiger charge is 2.34. The number of morpholine rings is 1. The quantitative estimate of drug-likeness (QED) is 0.829. The number of benzene rings is 1. The van der Waals surface area contributed by atoms with Crippen LogP contribution in [0.4, 0.5) is 0 Å². The molecule has 0 spiro atoms. The molecule has 0 radical (unpaired) electrons. The van der Waals surface area contributed by atoms with Gasteiger partial charge >= 0.3 is 0 Å². The van der Waals surface area contributed by atoms with Crippen LogP contribution < -0.4 is 5.73 Å². The van der Waals surface area contributed by atoms with Gasteiger partial charge in [0.05, 0.1) is 23.7 Å². The first-order valence-electron chi connectivity index (χ1n) is 6.94. The minimum absolute atomic E-state index is 0.168. The Hall–Kier alpha value is -0.990. The van der Waals surface area contributed by atoms with Gasteiger partial charge in [0.2, 0.25) is 10.0 Å². The lowest BCUT2D eigenvalue weighted by Gasteiger charge is -2.35. The van der Waals surface area contributed by atoms with Crippen molar-refractivity contribution in [1.82, 2.24) is 4.31 Å². The van der Waals surface area contributed by atoms with E-state index < -0.39 is 16.1 Å². The highest BCUT2D eigenvalue weighted by Crippen LogP contribution is 2.24. The number of aliphatic hydroxyl groups excluding tert-OH is 1. The minimum Gasteiger partial charge on any atom is -0.394 e. The summed E-state index contributed by atoms with van der Waals surface area (Å²) in [6.45, 7) is 4.20. The maximum atomic E-state index is 12.8. The van der Waals surface area contributed by atoms with Crippen molar-refractivity contribution in [3.63, 3.8) is 0 Å². The molecule has 21 heavy (non-hydrogen) atoms. The molecule has 6 nitrogen and oxygen atoms in total. The largest absolute Gasteiger partial charge is 0.394 e. The van der Waals surface area contributed by atoms with Crippen LogP contribution in [0, 0.1) is 6.92 Å². The Morgan fingerprint density at radius 1 is 1.43 bits per heavy atom. The Kier molecular flexibility index (Phi) is 5.00. The Morgan fingerprint density at radius 2 is 2.14 bits per heavy atom. The second-order valence-corrected chi connectivity index (χ2v) is 7.28. The third-order valence-corrected chi connectivity index (χ3v) is 5.58. The van der Waals surface area contributed by atoms with Crippen LogP contribution in [0.3, 0.4) is 0 Å².